The van der Waals surface area contributed by atoms with Crippen molar-refractivity contribution in [3.63, 3.8) is 0 Å². The van der Waals surface area contributed by atoms with Gasteiger partial charge in [-0.3, -0.25) is 9.78 Å². The van der Waals surface area contributed by atoms with Crippen molar-refractivity contribution >= 4 is 32.3 Å². The molecule has 3 rings (SSSR count). The highest BCUT2D eigenvalue weighted by Gasteiger charge is 2.31. The van der Waals surface area contributed by atoms with Gasteiger partial charge in [-0.25, -0.2) is 8.42 Å². The van der Waals surface area contributed by atoms with E-state index in [1.807, 2.05) is 31.2 Å². The van der Waals surface area contributed by atoms with Gasteiger partial charge in [-0.15, -0.1) is 0 Å². The third-order valence-electron chi connectivity index (χ3n) is 3.53. The van der Waals surface area contributed by atoms with E-state index in [0.29, 0.717) is 11.2 Å². The molecule has 0 radical (unpaired) electrons. The van der Waals surface area contributed by atoms with Crippen molar-refractivity contribution in [1.82, 2.24) is 4.98 Å². The molecular formula is C15H16N2O4S. The number of aromatic nitrogens is 1. The van der Waals surface area contributed by atoms with Gasteiger partial charge in [0.1, 0.15) is 0 Å². The number of hydrogen-bond donors (Lipinski definition) is 1. The monoisotopic (exact) mass is 320 g/mol. The molecule has 1 fully saturated rings. The van der Waals surface area contributed by atoms with Crippen LogP contribution in [0.1, 0.15) is 5.69 Å². The van der Waals surface area contributed by atoms with Crippen LogP contribution in [0.25, 0.3) is 10.9 Å². The molecule has 1 aromatic heterocycles. The van der Waals surface area contributed by atoms with Crippen molar-refractivity contribution < 1.29 is 17.9 Å². The predicted molar refractivity (Wildman–Crippen MR) is 83.5 cm³/mol. The van der Waals surface area contributed by atoms with Crippen molar-refractivity contribution in [3.05, 3.63) is 36.0 Å². The minimum Gasteiger partial charge on any atom is -0.366 e. The number of benzene rings is 1. The summed E-state index contributed by atoms with van der Waals surface area (Å²) in [5, 5.41) is 3.63. The first-order chi connectivity index (χ1) is 10.4. The molecule has 1 aromatic carbocycles. The SMILES string of the molecule is Cc1ccc2cccc(NC(=O)C3CS(=O)(=O)CCO3)c2n1. The molecule has 7 heteroatoms. The van der Waals surface area contributed by atoms with Gasteiger partial charge in [0.25, 0.3) is 5.91 Å². The molecule has 6 nitrogen and oxygen atoms in total. The Morgan fingerprint density at radius 1 is 1.32 bits per heavy atom. The second-order valence-electron chi connectivity index (χ2n) is 5.29. The molecular weight excluding hydrogens is 304 g/mol. The molecule has 1 atom stereocenters. The molecule has 1 amide bonds. The molecule has 1 aliphatic rings. The lowest BCUT2D eigenvalue weighted by molar-refractivity contribution is -0.126. The second-order valence-corrected chi connectivity index (χ2v) is 7.52. The van der Waals surface area contributed by atoms with Crippen LogP contribution < -0.4 is 5.32 Å². The summed E-state index contributed by atoms with van der Waals surface area (Å²) in [5.41, 5.74) is 2.07. The van der Waals surface area contributed by atoms with E-state index in [0.717, 1.165) is 11.1 Å². The number of fused-ring (bicyclic) bond motifs is 1. The van der Waals surface area contributed by atoms with E-state index in [2.05, 4.69) is 10.3 Å². The molecule has 0 bridgehead atoms. The second kappa shape index (κ2) is 5.66. The number of nitrogens with zero attached hydrogens (tertiary/aromatic N) is 1. The van der Waals surface area contributed by atoms with Gasteiger partial charge in [0.05, 0.1) is 29.3 Å². The van der Waals surface area contributed by atoms with Crippen LogP contribution in [0, 0.1) is 6.92 Å². The van der Waals surface area contributed by atoms with Crippen molar-refractivity contribution in [3.8, 4) is 0 Å². The Balaban J connectivity index is 1.87. The van der Waals surface area contributed by atoms with Crippen LogP contribution in [0.15, 0.2) is 30.3 Å². The maximum atomic E-state index is 12.3. The van der Waals surface area contributed by atoms with Crippen molar-refractivity contribution in [2.45, 2.75) is 13.0 Å². The first-order valence-corrected chi connectivity index (χ1v) is 8.76. The third-order valence-corrected chi connectivity index (χ3v) is 5.13. The van der Waals surface area contributed by atoms with Gasteiger partial charge in [0.15, 0.2) is 15.9 Å². The predicted octanol–water partition coefficient (Wildman–Crippen LogP) is 1.30. The minimum atomic E-state index is -3.22. The van der Waals surface area contributed by atoms with Crippen LogP contribution in [-0.2, 0) is 19.4 Å². The highest BCUT2D eigenvalue weighted by molar-refractivity contribution is 7.91. The fourth-order valence-corrected chi connectivity index (χ4v) is 3.62. The number of amides is 1. The molecule has 0 spiro atoms. The normalized spacial score (nSPS) is 20.7. The average Bonchev–Trinajstić information content (AvgIpc) is 2.47. The van der Waals surface area contributed by atoms with Gasteiger partial charge >= 0.3 is 0 Å². The summed E-state index contributed by atoms with van der Waals surface area (Å²) in [4.78, 5) is 16.7. The summed E-state index contributed by atoms with van der Waals surface area (Å²) in [6.07, 6.45) is -0.973. The average molecular weight is 320 g/mol. The molecule has 116 valence electrons. The van der Waals surface area contributed by atoms with Gasteiger partial charge < -0.3 is 10.1 Å². The molecule has 22 heavy (non-hydrogen) atoms. The number of sulfone groups is 1. The number of para-hydroxylation sites is 1. The van der Waals surface area contributed by atoms with Gasteiger partial charge in [-0.05, 0) is 19.1 Å². The standard InChI is InChI=1S/C15H16N2O4S/c1-10-5-6-11-3-2-4-12(14(11)16-10)17-15(18)13-9-22(19,20)8-7-21-13/h2-6,13H,7-9H2,1H3,(H,17,18). The lowest BCUT2D eigenvalue weighted by atomic mass is 10.1. The van der Waals surface area contributed by atoms with Crippen LogP contribution in [0.4, 0.5) is 5.69 Å². The summed E-state index contributed by atoms with van der Waals surface area (Å²) in [5.74, 6) is -0.777. The molecule has 0 saturated carbocycles. The number of carbonyl (C=O) groups excluding carboxylic acids is 1. The Labute approximate surface area is 128 Å². The zero-order valence-corrected chi connectivity index (χ0v) is 12.9. The summed E-state index contributed by atoms with van der Waals surface area (Å²) in [6, 6.07) is 9.27. The van der Waals surface area contributed by atoms with E-state index < -0.39 is 21.8 Å². The number of rotatable bonds is 2. The van der Waals surface area contributed by atoms with Crippen LogP contribution >= 0.6 is 0 Å². The fourth-order valence-electron chi connectivity index (χ4n) is 2.39. The lowest BCUT2D eigenvalue weighted by Crippen LogP contribution is -2.42. The maximum Gasteiger partial charge on any atom is 0.254 e. The summed E-state index contributed by atoms with van der Waals surface area (Å²) in [6.45, 7) is 1.92. The number of nitrogens with one attached hydrogen (secondary N) is 1. The molecule has 1 unspecified atom stereocenters. The minimum absolute atomic E-state index is 0.0359. The Bertz CT molecular complexity index is 833. The van der Waals surface area contributed by atoms with E-state index in [1.54, 1.807) is 6.07 Å². The third kappa shape index (κ3) is 3.10. The van der Waals surface area contributed by atoms with E-state index in [9.17, 15) is 13.2 Å². The van der Waals surface area contributed by atoms with E-state index >= 15 is 0 Å². The van der Waals surface area contributed by atoms with E-state index in [1.165, 1.54) is 0 Å². The summed E-state index contributed by atoms with van der Waals surface area (Å²) < 4.78 is 28.5. The molecule has 1 N–H and O–H groups in total. The van der Waals surface area contributed by atoms with Crippen molar-refractivity contribution in [2.75, 3.05) is 23.4 Å². The van der Waals surface area contributed by atoms with Gasteiger partial charge in [0, 0.05) is 11.1 Å². The van der Waals surface area contributed by atoms with Crippen LogP contribution in [-0.4, -0.2) is 43.5 Å². The Kier molecular flexibility index (Phi) is 3.84. The van der Waals surface area contributed by atoms with Gasteiger partial charge in [-0.2, -0.15) is 0 Å². The molecule has 2 heterocycles. The largest absolute Gasteiger partial charge is 0.366 e. The number of hydrogen-bond acceptors (Lipinski definition) is 5. The highest BCUT2D eigenvalue weighted by Crippen LogP contribution is 2.22. The number of anilines is 1. The summed E-state index contributed by atoms with van der Waals surface area (Å²) >= 11 is 0. The first-order valence-electron chi connectivity index (χ1n) is 6.94. The maximum absolute atomic E-state index is 12.3. The zero-order valence-electron chi connectivity index (χ0n) is 12.1. The number of carbonyl (C=O) groups is 1. The topological polar surface area (TPSA) is 85.4 Å². The van der Waals surface area contributed by atoms with Crippen LogP contribution in [0.3, 0.4) is 0 Å². The number of pyridine rings is 1. The molecule has 1 aliphatic heterocycles. The lowest BCUT2D eigenvalue weighted by Gasteiger charge is -2.22. The first kappa shape index (κ1) is 14.9. The summed E-state index contributed by atoms with van der Waals surface area (Å²) in [7, 11) is -3.22. The van der Waals surface area contributed by atoms with Crippen LogP contribution in [0.5, 0.6) is 0 Å². The van der Waals surface area contributed by atoms with E-state index in [-0.39, 0.29) is 18.1 Å². The Morgan fingerprint density at radius 3 is 2.91 bits per heavy atom. The molecule has 0 aliphatic carbocycles. The van der Waals surface area contributed by atoms with Crippen molar-refractivity contribution in [1.29, 1.82) is 0 Å². The zero-order chi connectivity index (χ0) is 15.7. The van der Waals surface area contributed by atoms with Gasteiger partial charge in [0.2, 0.25) is 0 Å². The number of ether oxygens (including phenoxy) is 1. The van der Waals surface area contributed by atoms with Crippen LogP contribution in [0.2, 0.25) is 0 Å². The quantitative estimate of drug-likeness (QED) is 0.901. The Hall–Kier alpha value is -1.99. The van der Waals surface area contributed by atoms with E-state index in [4.69, 9.17) is 4.74 Å². The molecule has 1 saturated heterocycles. The molecule has 2 aromatic rings. The van der Waals surface area contributed by atoms with Gasteiger partial charge in [-0.1, -0.05) is 18.2 Å². The highest BCUT2D eigenvalue weighted by atomic mass is 32.2. The fraction of sp³-hybridized carbons (Fsp3) is 0.333. The number of aryl methyl sites for hydroxylation is 1. The van der Waals surface area contributed by atoms with Crippen molar-refractivity contribution in [2.24, 2.45) is 0 Å². The smallest absolute Gasteiger partial charge is 0.254 e. The Morgan fingerprint density at radius 2 is 2.14 bits per heavy atom.